The van der Waals surface area contributed by atoms with Crippen LogP contribution in [0.3, 0.4) is 0 Å². The molecule has 1 aliphatic rings. The Bertz CT molecular complexity index is 924. The Kier molecular flexibility index (Phi) is 5.14. The van der Waals surface area contributed by atoms with Gasteiger partial charge in [0.15, 0.2) is 9.84 Å². The summed E-state index contributed by atoms with van der Waals surface area (Å²) in [5.41, 5.74) is 0.499. The van der Waals surface area contributed by atoms with E-state index in [1.54, 1.807) is 24.3 Å². The third-order valence-electron chi connectivity index (χ3n) is 4.22. The number of alkyl halides is 3. The fourth-order valence-corrected chi connectivity index (χ4v) is 4.48. The fraction of sp³-hybridized carbons (Fsp3) is 0.278. The molecule has 144 valence electrons. The number of carbonyl (C=O) groups excluding carboxylic acids is 1. The highest BCUT2D eigenvalue weighted by atomic mass is 32.2. The van der Waals surface area contributed by atoms with Gasteiger partial charge in [-0.25, -0.2) is 8.42 Å². The Labute approximate surface area is 154 Å². The van der Waals surface area contributed by atoms with Crippen molar-refractivity contribution < 1.29 is 26.4 Å². The molecule has 0 radical (unpaired) electrons. The first-order valence-corrected chi connectivity index (χ1v) is 10.0. The average molecular weight is 398 g/mol. The van der Waals surface area contributed by atoms with Gasteiger partial charge in [0.1, 0.15) is 0 Å². The summed E-state index contributed by atoms with van der Waals surface area (Å²) in [6, 6.07) is 10.5. The van der Waals surface area contributed by atoms with E-state index in [9.17, 15) is 26.4 Å². The van der Waals surface area contributed by atoms with E-state index in [1.807, 2.05) is 0 Å². The number of benzene rings is 2. The Hall–Kier alpha value is -2.55. The molecule has 27 heavy (non-hydrogen) atoms. The van der Waals surface area contributed by atoms with E-state index in [0.717, 1.165) is 30.0 Å². The minimum atomic E-state index is -4.45. The van der Waals surface area contributed by atoms with Gasteiger partial charge in [0.2, 0.25) is 0 Å². The molecule has 1 atom stereocenters. The van der Waals surface area contributed by atoms with Crippen LogP contribution in [-0.4, -0.2) is 31.9 Å². The zero-order chi connectivity index (χ0) is 19.7. The van der Waals surface area contributed by atoms with E-state index in [0.29, 0.717) is 12.1 Å². The van der Waals surface area contributed by atoms with Gasteiger partial charge in [-0.1, -0.05) is 0 Å². The number of amides is 1. The van der Waals surface area contributed by atoms with Crippen LogP contribution >= 0.6 is 0 Å². The Balaban J connectivity index is 1.60. The lowest BCUT2D eigenvalue weighted by molar-refractivity contribution is -0.137. The molecule has 1 aliphatic heterocycles. The Morgan fingerprint density at radius 1 is 0.963 bits per heavy atom. The lowest BCUT2D eigenvalue weighted by atomic mass is 10.1. The topological polar surface area (TPSA) is 75.3 Å². The summed E-state index contributed by atoms with van der Waals surface area (Å²) in [6.45, 7) is 0. The molecule has 0 bridgehead atoms. The quantitative estimate of drug-likeness (QED) is 0.826. The van der Waals surface area contributed by atoms with Gasteiger partial charge in [-0.15, -0.1) is 0 Å². The van der Waals surface area contributed by atoms with Crippen LogP contribution in [0.2, 0.25) is 0 Å². The number of sulfone groups is 1. The van der Waals surface area contributed by atoms with E-state index in [4.69, 9.17) is 0 Å². The van der Waals surface area contributed by atoms with E-state index in [1.165, 1.54) is 0 Å². The van der Waals surface area contributed by atoms with Gasteiger partial charge < -0.3 is 10.6 Å². The first-order chi connectivity index (χ1) is 12.6. The average Bonchev–Trinajstić information content (AvgIpc) is 2.94. The van der Waals surface area contributed by atoms with Crippen molar-refractivity contribution in [2.24, 2.45) is 0 Å². The predicted molar refractivity (Wildman–Crippen MR) is 96.5 cm³/mol. The van der Waals surface area contributed by atoms with Gasteiger partial charge in [-0.3, -0.25) is 4.79 Å². The summed E-state index contributed by atoms with van der Waals surface area (Å²) in [4.78, 5) is 12.1. The third-order valence-corrected chi connectivity index (χ3v) is 5.99. The number of halogens is 3. The fourth-order valence-electron chi connectivity index (χ4n) is 2.81. The first kappa shape index (κ1) is 19.2. The zero-order valence-corrected chi connectivity index (χ0v) is 14.9. The maximum absolute atomic E-state index is 12.6. The second-order valence-corrected chi connectivity index (χ2v) is 8.58. The number of anilines is 2. The van der Waals surface area contributed by atoms with E-state index in [-0.39, 0.29) is 23.1 Å². The number of nitrogens with one attached hydrogen (secondary N) is 2. The molecule has 0 aliphatic carbocycles. The minimum Gasteiger partial charge on any atom is -0.381 e. The van der Waals surface area contributed by atoms with Crippen LogP contribution in [0, 0.1) is 0 Å². The summed E-state index contributed by atoms with van der Waals surface area (Å²) in [5.74, 6) is -0.253. The highest BCUT2D eigenvalue weighted by Gasteiger charge is 2.30. The number of rotatable bonds is 4. The monoisotopic (exact) mass is 398 g/mol. The lowest BCUT2D eigenvalue weighted by Crippen LogP contribution is -2.20. The molecule has 5 nitrogen and oxygen atoms in total. The molecular formula is C18H17F3N2O3S. The van der Waals surface area contributed by atoms with Crippen LogP contribution in [0.4, 0.5) is 24.5 Å². The molecule has 1 amide bonds. The summed E-state index contributed by atoms with van der Waals surface area (Å²) < 4.78 is 60.6. The second-order valence-electron chi connectivity index (χ2n) is 6.35. The molecule has 0 aromatic heterocycles. The molecule has 1 heterocycles. The van der Waals surface area contributed by atoms with Crippen molar-refractivity contribution in [2.75, 3.05) is 22.1 Å². The van der Waals surface area contributed by atoms with Crippen LogP contribution in [0.25, 0.3) is 0 Å². The van der Waals surface area contributed by atoms with E-state index >= 15 is 0 Å². The van der Waals surface area contributed by atoms with Crippen LogP contribution in [0.15, 0.2) is 48.5 Å². The van der Waals surface area contributed by atoms with Crippen LogP contribution < -0.4 is 10.6 Å². The lowest BCUT2D eigenvalue weighted by Gasteiger charge is -2.13. The first-order valence-electron chi connectivity index (χ1n) is 8.18. The normalized spacial score (nSPS) is 18.9. The SMILES string of the molecule is O=C(Nc1ccc(NC2CCS(=O)(=O)C2)cc1)c1ccc(C(F)(F)F)cc1. The van der Waals surface area contributed by atoms with Crippen molar-refractivity contribution in [1.82, 2.24) is 0 Å². The molecule has 1 unspecified atom stereocenters. The third kappa shape index (κ3) is 5.00. The maximum Gasteiger partial charge on any atom is 0.416 e. The predicted octanol–water partition coefficient (Wildman–Crippen LogP) is 3.56. The standard InChI is InChI=1S/C18H17F3N2O3S/c19-18(20,21)13-3-1-12(2-4-13)17(24)23-15-7-5-14(6-8-15)22-16-9-10-27(25,26)11-16/h1-8,16,22H,9-11H2,(H,23,24). The van der Waals surface area contributed by atoms with Crippen molar-refractivity contribution in [3.05, 3.63) is 59.7 Å². The molecule has 9 heteroatoms. The highest BCUT2D eigenvalue weighted by Crippen LogP contribution is 2.29. The van der Waals surface area contributed by atoms with Gasteiger partial charge in [0, 0.05) is 23.0 Å². The van der Waals surface area contributed by atoms with E-state index in [2.05, 4.69) is 10.6 Å². The van der Waals surface area contributed by atoms with Crippen molar-refractivity contribution >= 4 is 27.1 Å². The van der Waals surface area contributed by atoms with Crippen molar-refractivity contribution in [3.8, 4) is 0 Å². The Morgan fingerprint density at radius 2 is 1.56 bits per heavy atom. The van der Waals surface area contributed by atoms with Crippen molar-refractivity contribution in [2.45, 2.75) is 18.6 Å². The number of carbonyl (C=O) groups is 1. The summed E-state index contributed by atoms with van der Waals surface area (Å²) in [5, 5.41) is 5.74. The summed E-state index contributed by atoms with van der Waals surface area (Å²) >= 11 is 0. The maximum atomic E-state index is 12.6. The molecule has 2 aromatic rings. The van der Waals surface area contributed by atoms with Crippen molar-refractivity contribution in [3.63, 3.8) is 0 Å². The van der Waals surface area contributed by atoms with Gasteiger partial charge in [-0.05, 0) is 55.0 Å². The van der Waals surface area contributed by atoms with E-state index < -0.39 is 27.5 Å². The van der Waals surface area contributed by atoms with Crippen LogP contribution in [-0.2, 0) is 16.0 Å². The molecule has 2 N–H and O–H groups in total. The zero-order valence-electron chi connectivity index (χ0n) is 14.1. The smallest absolute Gasteiger partial charge is 0.381 e. The van der Waals surface area contributed by atoms with Gasteiger partial charge in [0.05, 0.1) is 17.1 Å². The number of hydrogen-bond donors (Lipinski definition) is 2. The highest BCUT2D eigenvalue weighted by molar-refractivity contribution is 7.91. The largest absolute Gasteiger partial charge is 0.416 e. The molecule has 3 rings (SSSR count). The molecule has 2 aromatic carbocycles. The van der Waals surface area contributed by atoms with Gasteiger partial charge >= 0.3 is 6.18 Å². The van der Waals surface area contributed by atoms with Crippen molar-refractivity contribution in [1.29, 1.82) is 0 Å². The Morgan fingerprint density at radius 3 is 2.07 bits per heavy atom. The summed E-state index contributed by atoms with van der Waals surface area (Å²) in [6.07, 6.45) is -3.90. The second kappa shape index (κ2) is 7.22. The van der Waals surface area contributed by atoms with Gasteiger partial charge in [0.25, 0.3) is 5.91 Å². The molecule has 0 saturated carbocycles. The van der Waals surface area contributed by atoms with Crippen LogP contribution in [0.1, 0.15) is 22.3 Å². The minimum absolute atomic E-state index is 0.0966. The molecule has 1 fully saturated rings. The number of hydrogen-bond acceptors (Lipinski definition) is 4. The van der Waals surface area contributed by atoms with Gasteiger partial charge in [-0.2, -0.15) is 13.2 Å². The summed E-state index contributed by atoms with van der Waals surface area (Å²) in [7, 11) is -2.97. The molecule has 0 spiro atoms. The molecule has 1 saturated heterocycles. The van der Waals surface area contributed by atoms with Crippen LogP contribution in [0.5, 0.6) is 0 Å². The molecular weight excluding hydrogens is 381 g/mol.